The minimum absolute atomic E-state index is 0.748. The van der Waals surface area contributed by atoms with Gasteiger partial charge in [-0.05, 0) is 34.0 Å². The molecule has 0 amide bonds. The van der Waals surface area contributed by atoms with E-state index in [1.807, 2.05) is 12.1 Å². The van der Waals surface area contributed by atoms with E-state index in [1.54, 1.807) is 11.8 Å². The van der Waals surface area contributed by atoms with Crippen LogP contribution < -0.4 is 0 Å². The molecule has 3 nitrogen and oxygen atoms in total. The molecule has 0 aliphatic heterocycles. The molecule has 0 fully saturated rings. The SMILES string of the molecule is c1ccc(Cc2nnc(SCc3cccc4ccccc34)n2-c2ccccc2)cc1. The number of benzene rings is 4. The van der Waals surface area contributed by atoms with Gasteiger partial charge in [0.1, 0.15) is 5.82 Å². The molecule has 0 saturated heterocycles. The zero-order valence-corrected chi connectivity index (χ0v) is 17.3. The number of hydrogen-bond donors (Lipinski definition) is 0. The van der Waals surface area contributed by atoms with Crippen molar-refractivity contribution in [1.29, 1.82) is 0 Å². The van der Waals surface area contributed by atoms with Crippen LogP contribution >= 0.6 is 11.8 Å². The predicted molar refractivity (Wildman–Crippen MR) is 124 cm³/mol. The lowest BCUT2D eigenvalue weighted by Crippen LogP contribution is -2.03. The minimum atomic E-state index is 0.748. The van der Waals surface area contributed by atoms with E-state index in [4.69, 9.17) is 0 Å². The predicted octanol–water partition coefficient (Wildman–Crippen LogP) is 6.30. The smallest absolute Gasteiger partial charge is 0.196 e. The van der Waals surface area contributed by atoms with Gasteiger partial charge in [-0.25, -0.2) is 0 Å². The maximum Gasteiger partial charge on any atom is 0.196 e. The lowest BCUT2D eigenvalue weighted by Gasteiger charge is -2.11. The summed E-state index contributed by atoms with van der Waals surface area (Å²) in [5.41, 5.74) is 3.63. The molecule has 0 aliphatic carbocycles. The molecule has 0 unspecified atom stereocenters. The van der Waals surface area contributed by atoms with E-state index in [0.717, 1.165) is 28.8 Å². The Morgan fingerprint density at radius 1 is 0.667 bits per heavy atom. The Morgan fingerprint density at radius 3 is 2.20 bits per heavy atom. The summed E-state index contributed by atoms with van der Waals surface area (Å²) >= 11 is 1.73. The number of hydrogen-bond acceptors (Lipinski definition) is 3. The summed E-state index contributed by atoms with van der Waals surface area (Å²) in [5.74, 6) is 1.80. The summed E-state index contributed by atoms with van der Waals surface area (Å²) in [4.78, 5) is 0. The molecule has 0 radical (unpaired) electrons. The fraction of sp³-hybridized carbons (Fsp3) is 0.0769. The second-order valence-corrected chi connectivity index (χ2v) is 8.10. The molecule has 146 valence electrons. The molecule has 5 rings (SSSR count). The number of para-hydroxylation sites is 1. The Morgan fingerprint density at radius 2 is 1.37 bits per heavy atom. The first-order valence-electron chi connectivity index (χ1n) is 10.0. The second-order valence-electron chi connectivity index (χ2n) is 7.16. The van der Waals surface area contributed by atoms with E-state index in [9.17, 15) is 0 Å². The third-order valence-electron chi connectivity index (χ3n) is 5.16. The highest BCUT2D eigenvalue weighted by Crippen LogP contribution is 2.29. The Bertz CT molecular complexity index is 1260. The maximum atomic E-state index is 4.56. The molecule has 0 aliphatic rings. The van der Waals surface area contributed by atoms with Gasteiger partial charge in [0.15, 0.2) is 5.16 Å². The van der Waals surface area contributed by atoms with Crippen molar-refractivity contribution in [2.24, 2.45) is 0 Å². The first-order valence-corrected chi connectivity index (χ1v) is 11.0. The monoisotopic (exact) mass is 407 g/mol. The number of rotatable bonds is 6. The van der Waals surface area contributed by atoms with E-state index < -0.39 is 0 Å². The number of aromatic nitrogens is 3. The molecule has 0 saturated carbocycles. The van der Waals surface area contributed by atoms with Crippen molar-refractivity contribution in [3.8, 4) is 5.69 Å². The van der Waals surface area contributed by atoms with Gasteiger partial charge in [-0.1, -0.05) is 103 Å². The van der Waals surface area contributed by atoms with Gasteiger partial charge in [-0.2, -0.15) is 0 Å². The van der Waals surface area contributed by atoms with Gasteiger partial charge >= 0.3 is 0 Å². The molecular formula is C26H21N3S. The van der Waals surface area contributed by atoms with E-state index in [0.29, 0.717) is 0 Å². The quantitative estimate of drug-likeness (QED) is 0.309. The standard InChI is InChI=1S/C26H21N3S/c1-3-10-20(11-4-1)18-25-27-28-26(29(25)23-15-5-2-6-16-23)30-19-22-14-9-13-21-12-7-8-17-24(21)22/h1-17H,18-19H2. The molecule has 30 heavy (non-hydrogen) atoms. The van der Waals surface area contributed by atoms with Crippen LogP contribution in [0.3, 0.4) is 0 Å². The third-order valence-corrected chi connectivity index (χ3v) is 6.13. The van der Waals surface area contributed by atoms with Crippen molar-refractivity contribution in [2.45, 2.75) is 17.3 Å². The van der Waals surface area contributed by atoms with Gasteiger partial charge < -0.3 is 0 Å². The van der Waals surface area contributed by atoms with Gasteiger partial charge in [0.25, 0.3) is 0 Å². The molecule has 1 aromatic heterocycles. The van der Waals surface area contributed by atoms with Gasteiger partial charge in [-0.3, -0.25) is 4.57 Å². The summed E-state index contributed by atoms with van der Waals surface area (Å²) in [7, 11) is 0. The summed E-state index contributed by atoms with van der Waals surface area (Å²) in [5, 5.41) is 12.6. The largest absolute Gasteiger partial charge is 0.274 e. The van der Waals surface area contributed by atoms with Crippen molar-refractivity contribution in [2.75, 3.05) is 0 Å². The van der Waals surface area contributed by atoms with Crippen LogP contribution in [0.5, 0.6) is 0 Å². The van der Waals surface area contributed by atoms with Crippen LogP contribution in [0.2, 0.25) is 0 Å². The molecule has 0 bridgehead atoms. The second kappa shape index (κ2) is 8.56. The summed E-state index contributed by atoms with van der Waals surface area (Å²) < 4.78 is 2.18. The third kappa shape index (κ3) is 3.87. The molecule has 0 N–H and O–H groups in total. The lowest BCUT2D eigenvalue weighted by atomic mass is 10.1. The van der Waals surface area contributed by atoms with E-state index in [-0.39, 0.29) is 0 Å². The first-order chi connectivity index (χ1) is 14.9. The topological polar surface area (TPSA) is 30.7 Å². The molecule has 0 spiro atoms. The summed E-state index contributed by atoms with van der Waals surface area (Å²) in [6.07, 6.45) is 0.748. The number of fused-ring (bicyclic) bond motifs is 1. The zero-order valence-electron chi connectivity index (χ0n) is 16.5. The Labute approximate surface area is 180 Å². The Balaban J connectivity index is 1.49. The highest BCUT2D eigenvalue weighted by Gasteiger charge is 2.15. The normalized spacial score (nSPS) is 11.1. The van der Waals surface area contributed by atoms with Gasteiger partial charge in [-0.15, -0.1) is 10.2 Å². The summed E-state index contributed by atoms with van der Waals surface area (Å²) in [6, 6.07) is 35.8. The van der Waals surface area contributed by atoms with Crippen LogP contribution in [0.25, 0.3) is 16.5 Å². The molecular weight excluding hydrogens is 386 g/mol. The van der Waals surface area contributed by atoms with Crippen LogP contribution in [0, 0.1) is 0 Å². The zero-order chi connectivity index (χ0) is 20.2. The lowest BCUT2D eigenvalue weighted by molar-refractivity contribution is 0.848. The van der Waals surface area contributed by atoms with Crippen molar-refractivity contribution >= 4 is 22.5 Å². The van der Waals surface area contributed by atoms with Crippen LogP contribution in [0.1, 0.15) is 17.0 Å². The fourth-order valence-electron chi connectivity index (χ4n) is 3.68. The highest BCUT2D eigenvalue weighted by molar-refractivity contribution is 7.98. The number of nitrogens with zero attached hydrogens (tertiary/aromatic N) is 3. The Hall–Kier alpha value is -3.37. The van der Waals surface area contributed by atoms with Crippen LogP contribution in [0.4, 0.5) is 0 Å². The average Bonchev–Trinajstić information content (AvgIpc) is 3.21. The van der Waals surface area contributed by atoms with Crippen molar-refractivity contribution in [3.05, 3.63) is 120 Å². The van der Waals surface area contributed by atoms with E-state index in [1.165, 1.54) is 21.9 Å². The van der Waals surface area contributed by atoms with Crippen molar-refractivity contribution in [1.82, 2.24) is 14.8 Å². The first kappa shape index (κ1) is 18.6. The summed E-state index contributed by atoms with van der Waals surface area (Å²) in [6.45, 7) is 0. The fourth-order valence-corrected chi connectivity index (χ4v) is 4.66. The van der Waals surface area contributed by atoms with Gasteiger partial charge in [0, 0.05) is 17.9 Å². The van der Waals surface area contributed by atoms with Crippen LogP contribution in [0.15, 0.2) is 108 Å². The van der Waals surface area contributed by atoms with Crippen molar-refractivity contribution < 1.29 is 0 Å². The molecule has 4 aromatic carbocycles. The average molecular weight is 408 g/mol. The van der Waals surface area contributed by atoms with Crippen molar-refractivity contribution in [3.63, 3.8) is 0 Å². The molecule has 1 heterocycles. The van der Waals surface area contributed by atoms with E-state index >= 15 is 0 Å². The molecule has 4 heteroatoms. The van der Waals surface area contributed by atoms with E-state index in [2.05, 4.69) is 106 Å². The molecule has 5 aromatic rings. The van der Waals surface area contributed by atoms with Crippen LogP contribution in [-0.4, -0.2) is 14.8 Å². The Kier molecular flexibility index (Phi) is 5.32. The van der Waals surface area contributed by atoms with Gasteiger partial charge in [0.2, 0.25) is 0 Å². The number of thioether (sulfide) groups is 1. The van der Waals surface area contributed by atoms with Crippen LogP contribution in [-0.2, 0) is 12.2 Å². The maximum absolute atomic E-state index is 4.56. The molecule has 0 atom stereocenters. The minimum Gasteiger partial charge on any atom is -0.274 e. The highest BCUT2D eigenvalue weighted by atomic mass is 32.2. The van der Waals surface area contributed by atoms with Gasteiger partial charge in [0.05, 0.1) is 0 Å².